The zero-order valence-electron chi connectivity index (χ0n) is 13.5. The highest BCUT2D eigenvalue weighted by molar-refractivity contribution is 5.77. The van der Waals surface area contributed by atoms with Gasteiger partial charge in [0.2, 0.25) is 5.91 Å². The summed E-state index contributed by atoms with van der Waals surface area (Å²) in [5, 5.41) is 11.8. The Kier molecular flexibility index (Phi) is 9.26. The summed E-state index contributed by atoms with van der Waals surface area (Å²) < 4.78 is 0. The van der Waals surface area contributed by atoms with E-state index in [2.05, 4.69) is 33.0 Å². The number of hydrogen-bond donors (Lipinski definition) is 2. The van der Waals surface area contributed by atoms with Gasteiger partial charge >= 0.3 is 5.97 Å². The van der Waals surface area contributed by atoms with Gasteiger partial charge in [0.05, 0.1) is 6.42 Å². The minimum Gasteiger partial charge on any atom is -0.481 e. The Labute approximate surface area is 123 Å². The van der Waals surface area contributed by atoms with Gasteiger partial charge in [-0.05, 0) is 18.3 Å². The van der Waals surface area contributed by atoms with Crippen molar-refractivity contribution in [3.63, 3.8) is 0 Å². The molecule has 0 rings (SSSR count). The number of carboxylic acid groups (broad SMARTS) is 1. The van der Waals surface area contributed by atoms with E-state index in [0.717, 1.165) is 12.8 Å². The molecule has 20 heavy (non-hydrogen) atoms. The summed E-state index contributed by atoms with van der Waals surface area (Å²) in [5.74, 6) is -0.875. The Bertz CT molecular complexity index is 295. The van der Waals surface area contributed by atoms with Crippen molar-refractivity contribution in [2.75, 3.05) is 0 Å². The molecule has 1 unspecified atom stereocenters. The topological polar surface area (TPSA) is 66.4 Å². The number of rotatable bonds is 10. The summed E-state index contributed by atoms with van der Waals surface area (Å²) >= 11 is 0. The van der Waals surface area contributed by atoms with E-state index in [1.807, 2.05) is 0 Å². The molecule has 0 bridgehead atoms. The maximum Gasteiger partial charge on any atom is 0.305 e. The lowest BCUT2D eigenvalue weighted by Gasteiger charge is -2.25. The maximum absolute atomic E-state index is 11.8. The number of carbonyl (C=O) groups excluding carboxylic acids is 1. The molecule has 1 amide bonds. The van der Waals surface area contributed by atoms with Crippen LogP contribution in [0.15, 0.2) is 0 Å². The molecule has 0 aromatic rings. The van der Waals surface area contributed by atoms with Gasteiger partial charge < -0.3 is 10.4 Å². The summed E-state index contributed by atoms with van der Waals surface area (Å²) in [5.41, 5.74) is 0.00845. The van der Waals surface area contributed by atoms with Crippen LogP contribution in [0.5, 0.6) is 0 Å². The summed E-state index contributed by atoms with van der Waals surface area (Å²) in [4.78, 5) is 22.7. The minimum absolute atomic E-state index is 0.00115. The molecule has 0 heterocycles. The van der Waals surface area contributed by atoms with E-state index < -0.39 is 5.97 Å². The number of aliphatic carboxylic acids is 1. The highest BCUT2D eigenvalue weighted by Crippen LogP contribution is 2.22. The van der Waals surface area contributed by atoms with Crippen molar-refractivity contribution in [2.45, 2.75) is 85.1 Å². The van der Waals surface area contributed by atoms with E-state index >= 15 is 0 Å². The van der Waals surface area contributed by atoms with Crippen LogP contribution in [-0.4, -0.2) is 23.0 Å². The fourth-order valence-corrected chi connectivity index (χ4v) is 2.31. The van der Waals surface area contributed by atoms with E-state index in [-0.39, 0.29) is 23.8 Å². The molecule has 0 radical (unpaired) electrons. The molecule has 0 aromatic heterocycles. The molecule has 2 N–H and O–H groups in total. The van der Waals surface area contributed by atoms with Gasteiger partial charge in [0, 0.05) is 12.5 Å². The molecule has 118 valence electrons. The van der Waals surface area contributed by atoms with Gasteiger partial charge in [-0.25, -0.2) is 0 Å². The monoisotopic (exact) mass is 285 g/mol. The van der Waals surface area contributed by atoms with Crippen LogP contribution in [0.4, 0.5) is 0 Å². The van der Waals surface area contributed by atoms with Crippen molar-refractivity contribution in [1.29, 1.82) is 0 Å². The van der Waals surface area contributed by atoms with Crippen LogP contribution in [0.25, 0.3) is 0 Å². The fraction of sp³-hybridized carbons (Fsp3) is 0.875. The number of unbranched alkanes of at least 4 members (excludes halogenated alkanes) is 4. The molecule has 0 aliphatic heterocycles. The Hall–Kier alpha value is -1.06. The number of hydrogen-bond acceptors (Lipinski definition) is 2. The zero-order valence-corrected chi connectivity index (χ0v) is 13.5. The van der Waals surface area contributed by atoms with E-state index in [4.69, 9.17) is 5.11 Å². The summed E-state index contributed by atoms with van der Waals surface area (Å²) in [7, 11) is 0. The highest BCUT2D eigenvalue weighted by atomic mass is 16.4. The molecule has 4 heteroatoms. The zero-order chi connectivity index (χ0) is 15.6. The number of nitrogens with one attached hydrogen (secondary N) is 1. The van der Waals surface area contributed by atoms with Crippen LogP contribution in [-0.2, 0) is 9.59 Å². The molecule has 0 aromatic carbocycles. The minimum atomic E-state index is -0.859. The molecular formula is C16H31NO3. The lowest BCUT2D eigenvalue weighted by molar-refractivity contribution is -0.137. The third-order valence-corrected chi connectivity index (χ3v) is 3.15. The van der Waals surface area contributed by atoms with Gasteiger partial charge in [0.15, 0.2) is 0 Å². The second-order valence-corrected chi connectivity index (χ2v) is 6.79. The first-order valence-electron chi connectivity index (χ1n) is 7.75. The third-order valence-electron chi connectivity index (χ3n) is 3.15. The molecule has 0 aliphatic rings. The van der Waals surface area contributed by atoms with Gasteiger partial charge in [-0.1, -0.05) is 53.4 Å². The Morgan fingerprint density at radius 3 is 2.20 bits per heavy atom. The molecule has 0 spiro atoms. The molecule has 0 saturated carbocycles. The fourth-order valence-electron chi connectivity index (χ4n) is 2.31. The first-order chi connectivity index (χ1) is 9.24. The van der Waals surface area contributed by atoms with Gasteiger partial charge in [0.25, 0.3) is 0 Å². The average Bonchev–Trinajstić information content (AvgIpc) is 2.25. The summed E-state index contributed by atoms with van der Waals surface area (Å²) in [6, 6.07) is -0.268. The molecule has 0 saturated heterocycles. The van der Waals surface area contributed by atoms with Crippen LogP contribution in [0.2, 0.25) is 0 Å². The largest absolute Gasteiger partial charge is 0.481 e. The predicted molar refractivity (Wildman–Crippen MR) is 81.6 cm³/mol. The smallest absolute Gasteiger partial charge is 0.305 e. The lowest BCUT2D eigenvalue weighted by atomic mass is 9.87. The summed E-state index contributed by atoms with van der Waals surface area (Å²) in [6.45, 7) is 8.33. The normalized spacial score (nSPS) is 13.0. The molecule has 0 aliphatic carbocycles. The standard InChI is InChI=1S/C16H31NO3/c1-5-6-7-8-9-10-14(18)17-13(11-15(19)20)12-16(2,3)4/h13H,5-12H2,1-4H3,(H,17,18)(H,19,20). The van der Waals surface area contributed by atoms with Crippen molar-refractivity contribution < 1.29 is 14.7 Å². The average molecular weight is 285 g/mol. The van der Waals surface area contributed by atoms with Gasteiger partial charge in [-0.15, -0.1) is 0 Å². The summed E-state index contributed by atoms with van der Waals surface area (Å²) in [6.07, 6.45) is 6.73. The van der Waals surface area contributed by atoms with Crippen molar-refractivity contribution in [2.24, 2.45) is 5.41 Å². The van der Waals surface area contributed by atoms with E-state index in [1.165, 1.54) is 19.3 Å². The van der Waals surface area contributed by atoms with Gasteiger partial charge in [0.1, 0.15) is 0 Å². The van der Waals surface area contributed by atoms with Crippen LogP contribution < -0.4 is 5.32 Å². The Morgan fingerprint density at radius 1 is 1.10 bits per heavy atom. The second-order valence-electron chi connectivity index (χ2n) is 6.79. The molecule has 1 atom stereocenters. The van der Waals surface area contributed by atoms with Crippen LogP contribution in [0.3, 0.4) is 0 Å². The van der Waals surface area contributed by atoms with Crippen LogP contribution >= 0.6 is 0 Å². The Balaban J connectivity index is 4.08. The first kappa shape index (κ1) is 18.9. The van der Waals surface area contributed by atoms with E-state index in [0.29, 0.717) is 12.8 Å². The number of carbonyl (C=O) groups is 2. The SMILES string of the molecule is CCCCCCCC(=O)NC(CC(=O)O)CC(C)(C)C. The molecule has 4 nitrogen and oxygen atoms in total. The van der Waals surface area contributed by atoms with Crippen molar-refractivity contribution in [1.82, 2.24) is 5.32 Å². The van der Waals surface area contributed by atoms with Crippen molar-refractivity contribution >= 4 is 11.9 Å². The van der Waals surface area contributed by atoms with Gasteiger partial charge in [-0.3, -0.25) is 9.59 Å². The van der Waals surface area contributed by atoms with Crippen LogP contribution in [0, 0.1) is 5.41 Å². The highest BCUT2D eigenvalue weighted by Gasteiger charge is 2.22. The third kappa shape index (κ3) is 12.0. The molecule has 0 fully saturated rings. The quantitative estimate of drug-likeness (QED) is 0.601. The van der Waals surface area contributed by atoms with Gasteiger partial charge in [-0.2, -0.15) is 0 Å². The lowest BCUT2D eigenvalue weighted by Crippen LogP contribution is -2.38. The maximum atomic E-state index is 11.8. The number of amides is 1. The van der Waals surface area contributed by atoms with Crippen LogP contribution in [0.1, 0.15) is 79.1 Å². The second kappa shape index (κ2) is 9.78. The first-order valence-corrected chi connectivity index (χ1v) is 7.75. The van der Waals surface area contributed by atoms with E-state index in [1.54, 1.807) is 0 Å². The predicted octanol–water partition coefficient (Wildman–Crippen LogP) is 3.74. The van der Waals surface area contributed by atoms with Crippen molar-refractivity contribution in [3.8, 4) is 0 Å². The Morgan fingerprint density at radius 2 is 1.70 bits per heavy atom. The van der Waals surface area contributed by atoms with Crippen molar-refractivity contribution in [3.05, 3.63) is 0 Å². The van der Waals surface area contributed by atoms with E-state index in [9.17, 15) is 9.59 Å². The number of carboxylic acids is 1. The molecular weight excluding hydrogens is 254 g/mol.